The maximum Gasteiger partial charge on any atom is 0.163 e. The third kappa shape index (κ3) is 3.30. The summed E-state index contributed by atoms with van der Waals surface area (Å²) in [5.41, 5.74) is 0.642. The summed E-state index contributed by atoms with van der Waals surface area (Å²) in [5, 5.41) is 0. The molecule has 0 aromatic heterocycles. The van der Waals surface area contributed by atoms with E-state index in [0.29, 0.717) is 17.9 Å². The maximum atomic E-state index is 11.4. The first kappa shape index (κ1) is 12.1. The largest absolute Gasteiger partial charge is 0.490 e. The Bertz CT molecular complexity index is 381. The van der Waals surface area contributed by atoms with Crippen LogP contribution >= 0.6 is 0 Å². The molecule has 3 heteroatoms. The van der Waals surface area contributed by atoms with Crippen LogP contribution in [0.5, 0.6) is 5.75 Å². The first-order valence-corrected chi connectivity index (χ1v) is 6.12. The Morgan fingerprint density at radius 3 is 2.94 bits per heavy atom. The van der Waals surface area contributed by atoms with Gasteiger partial charge in [0.15, 0.2) is 5.78 Å². The fourth-order valence-electron chi connectivity index (χ4n) is 2.00. The van der Waals surface area contributed by atoms with Gasteiger partial charge in [-0.05, 0) is 38.3 Å². The smallest absolute Gasteiger partial charge is 0.163 e. The molecule has 1 heterocycles. The molecule has 1 unspecified atom stereocenters. The summed E-state index contributed by atoms with van der Waals surface area (Å²) in [6, 6.07) is 7.35. The molecule has 3 nitrogen and oxygen atoms in total. The van der Waals surface area contributed by atoms with E-state index in [2.05, 4.69) is 0 Å². The number of ketones is 1. The Balaban J connectivity index is 1.96. The van der Waals surface area contributed by atoms with E-state index in [9.17, 15) is 4.79 Å². The molecular formula is C14H18O3. The molecule has 1 saturated heterocycles. The molecule has 1 atom stereocenters. The third-order valence-corrected chi connectivity index (χ3v) is 2.97. The number of carbonyl (C=O) groups is 1. The fourth-order valence-corrected chi connectivity index (χ4v) is 2.00. The lowest BCUT2D eigenvalue weighted by Gasteiger charge is -2.23. The minimum absolute atomic E-state index is 0.0326. The summed E-state index contributed by atoms with van der Waals surface area (Å²) in [7, 11) is 0. The average Bonchev–Trinajstić information content (AvgIpc) is 2.38. The van der Waals surface area contributed by atoms with E-state index >= 15 is 0 Å². The highest BCUT2D eigenvalue weighted by Gasteiger charge is 2.15. The zero-order chi connectivity index (χ0) is 12.1. The van der Waals surface area contributed by atoms with Crippen LogP contribution in [0.4, 0.5) is 0 Å². The zero-order valence-electron chi connectivity index (χ0n) is 10.1. The summed E-state index contributed by atoms with van der Waals surface area (Å²) < 4.78 is 11.3. The minimum atomic E-state index is 0.0326. The van der Waals surface area contributed by atoms with Gasteiger partial charge in [0.2, 0.25) is 0 Å². The molecule has 0 spiro atoms. The van der Waals surface area contributed by atoms with Gasteiger partial charge in [-0.15, -0.1) is 0 Å². The first-order valence-electron chi connectivity index (χ1n) is 6.12. The zero-order valence-corrected chi connectivity index (χ0v) is 10.1. The monoisotopic (exact) mass is 234 g/mol. The molecule has 1 aromatic rings. The second-order valence-corrected chi connectivity index (χ2v) is 4.35. The van der Waals surface area contributed by atoms with Gasteiger partial charge >= 0.3 is 0 Å². The van der Waals surface area contributed by atoms with E-state index in [1.807, 2.05) is 18.2 Å². The molecule has 1 aliphatic heterocycles. The van der Waals surface area contributed by atoms with Gasteiger partial charge in [0, 0.05) is 6.61 Å². The predicted molar refractivity (Wildman–Crippen MR) is 65.5 cm³/mol. The number of Topliss-reactive ketones (excluding diaryl/α,β-unsaturated/α-hetero) is 1. The van der Waals surface area contributed by atoms with Gasteiger partial charge in [-0.2, -0.15) is 0 Å². The molecule has 0 radical (unpaired) electrons. The van der Waals surface area contributed by atoms with Crippen LogP contribution in [0, 0.1) is 0 Å². The van der Waals surface area contributed by atoms with Gasteiger partial charge in [0.1, 0.15) is 12.4 Å². The summed E-state index contributed by atoms with van der Waals surface area (Å²) in [6.07, 6.45) is 3.55. The molecule has 92 valence electrons. The Kier molecular flexibility index (Phi) is 4.15. The fraction of sp³-hybridized carbons (Fsp3) is 0.500. The van der Waals surface area contributed by atoms with E-state index in [1.165, 1.54) is 6.42 Å². The Morgan fingerprint density at radius 1 is 1.41 bits per heavy atom. The molecule has 17 heavy (non-hydrogen) atoms. The Morgan fingerprint density at radius 2 is 2.24 bits per heavy atom. The molecule has 2 rings (SSSR count). The lowest BCUT2D eigenvalue weighted by molar-refractivity contribution is -0.0112. The maximum absolute atomic E-state index is 11.4. The van der Waals surface area contributed by atoms with Crippen LogP contribution in [0.1, 0.15) is 36.5 Å². The van der Waals surface area contributed by atoms with Crippen LogP contribution in [0.15, 0.2) is 24.3 Å². The van der Waals surface area contributed by atoms with E-state index in [4.69, 9.17) is 9.47 Å². The summed E-state index contributed by atoms with van der Waals surface area (Å²) >= 11 is 0. The standard InChI is InChI=1S/C14H18O3/c1-11(15)13-7-2-3-8-14(13)17-10-12-6-4-5-9-16-12/h2-3,7-8,12H,4-6,9-10H2,1H3. The van der Waals surface area contributed by atoms with Crippen molar-refractivity contribution >= 4 is 5.78 Å². The van der Waals surface area contributed by atoms with Crippen molar-refractivity contribution in [3.05, 3.63) is 29.8 Å². The van der Waals surface area contributed by atoms with Gasteiger partial charge in [-0.1, -0.05) is 12.1 Å². The molecule has 0 saturated carbocycles. The molecule has 1 aliphatic rings. The van der Waals surface area contributed by atoms with Crippen molar-refractivity contribution in [2.24, 2.45) is 0 Å². The molecule has 0 N–H and O–H groups in total. The van der Waals surface area contributed by atoms with Gasteiger partial charge < -0.3 is 9.47 Å². The van der Waals surface area contributed by atoms with Crippen LogP contribution in [0.25, 0.3) is 0 Å². The van der Waals surface area contributed by atoms with Crippen molar-refractivity contribution < 1.29 is 14.3 Å². The molecule has 0 aliphatic carbocycles. The minimum Gasteiger partial charge on any atom is -0.490 e. The second kappa shape index (κ2) is 5.82. The molecule has 0 bridgehead atoms. The normalized spacial score (nSPS) is 19.9. The van der Waals surface area contributed by atoms with E-state index in [-0.39, 0.29) is 11.9 Å². The molecule has 1 aromatic carbocycles. The summed E-state index contributed by atoms with van der Waals surface area (Å²) in [6.45, 7) is 2.91. The van der Waals surface area contributed by atoms with Crippen molar-refractivity contribution in [2.45, 2.75) is 32.3 Å². The lowest BCUT2D eigenvalue weighted by atomic mass is 10.1. The number of hydrogen-bond acceptors (Lipinski definition) is 3. The summed E-state index contributed by atoms with van der Waals surface area (Å²) in [5.74, 6) is 0.694. The number of rotatable bonds is 4. The topological polar surface area (TPSA) is 35.5 Å². The Hall–Kier alpha value is -1.35. The highest BCUT2D eigenvalue weighted by molar-refractivity contribution is 5.96. The highest BCUT2D eigenvalue weighted by Crippen LogP contribution is 2.20. The van der Waals surface area contributed by atoms with E-state index in [0.717, 1.165) is 19.4 Å². The molecule has 1 fully saturated rings. The van der Waals surface area contributed by atoms with Crippen LogP contribution in [-0.2, 0) is 4.74 Å². The second-order valence-electron chi connectivity index (χ2n) is 4.35. The number of benzene rings is 1. The SMILES string of the molecule is CC(=O)c1ccccc1OCC1CCCCO1. The van der Waals surface area contributed by atoms with Crippen molar-refractivity contribution in [3.63, 3.8) is 0 Å². The van der Waals surface area contributed by atoms with Crippen LogP contribution in [-0.4, -0.2) is 25.1 Å². The number of carbonyl (C=O) groups excluding carboxylic acids is 1. The van der Waals surface area contributed by atoms with Crippen molar-refractivity contribution in [1.29, 1.82) is 0 Å². The quantitative estimate of drug-likeness (QED) is 0.751. The average molecular weight is 234 g/mol. The number of hydrogen-bond donors (Lipinski definition) is 0. The van der Waals surface area contributed by atoms with Crippen LogP contribution in [0.3, 0.4) is 0 Å². The van der Waals surface area contributed by atoms with Crippen LogP contribution < -0.4 is 4.74 Å². The predicted octanol–water partition coefficient (Wildman–Crippen LogP) is 2.84. The van der Waals surface area contributed by atoms with Gasteiger partial charge in [-0.3, -0.25) is 4.79 Å². The van der Waals surface area contributed by atoms with Crippen molar-refractivity contribution in [2.75, 3.05) is 13.2 Å². The highest BCUT2D eigenvalue weighted by atomic mass is 16.5. The lowest BCUT2D eigenvalue weighted by Crippen LogP contribution is -2.26. The third-order valence-electron chi connectivity index (χ3n) is 2.97. The molecule has 0 amide bonds. The first-order chi connectivity index (χ1) is 8.27. The number of para-hydroxylation sites is 1. The van der Waals surface area contributed by atoms with Gasteiger partial charge in [0.05, 0.1) is 11.7 Å². The van der Waals surface area contributed by atoms with Gasteiger partial charge in [0.25, 0.3) is 0 Å². The summed E-state index contributed by atoms with van der Waals surface area (Å²) in [4.78, 5) is 11.4. The van der Waals surface area contributed by atoms with Crippen molar-refractivity contribution in [3.8, 4) is 5.75 Å². The van der Waals surface area contributed by atoms with Gasteiger partial charge in [-0.25, -0.2) is 0 Å². The number of ether oxygens (including phenoxy) is 2. The van der Waals surface area contributed by atoms with Crippen LogP contribution in [0.2, 0.25) is 0 Å². The van der Waals surface area contributed by atoms with Crippen molar-refractivity contribution in [1.82, 2.24) is 0 Å². The Labute approximate surface area is 102 Å². The van der Waals surface area contributed by atoms with E-state index < -0.39 is 0 Å². The van der Waals surface area contributed by atoms with E-state index in [1.54, 1.807) is 13.0 Å². The molecular weight excluding hydrogens is 216 g/mol.